The van der Waals surface area contributed by atoms with Crippen molar-refractivity contribution in [1.82, 2.24) is 15.0 Å². The summed E-state index contributed by atoms with van der Waals surface area (Å²) in [6.07, 6.45) is 1.23. The molecule has 0 aromatic carbocycles. The van der Waals surface area contributed by atoms with Crippen LogP contribution in [0.25, 0.3) is 0 Å². The molecule has 1 aromatic rings. The largest absolute Gasteiger partial charge is 0.387 e. The minimum absolute atomic E-state index is 0.514. The topological polar surface area (TPSA) is 50.9 Å². The van der Waals surface area contributed by atoms with Gasteiger partial charge >= 0.3 is 0 Å². The minimum Gasteiger partial charge on any atom is -0.387 e. The monoisotopic (exact) mass is 141 g/mol. The Morgan fingerprint density at radius 3 is 2.80 bits per heavy atom. The first kappa shape index (κ1) is 7.21. The Labute approximate surface area is 59.5 Å². The maximum atomic E-state index is 9.02. The number of aromatic nitrogens is 3. The van der Waals surface area contributed by atoms with Gasteiger partial charge in [-0.1, -0.05) is 5.21 Å². The molecule has 0 saturated heterocycles. The first-order valence-corrected chi connectivity index (χ1v) is 3.32. The van der Waals surface area contributed by atoms with E-state index in [1.807, 2.05) is 6.92 Å². The van der Waals surface area contributed by atoms with Gasteiger partial charge in [0.05, 0.1) is 12.3 Å². The number of aliphatic hydroxyl groups is 1. The molecule has 0 unspecified atom stereocenters. The molecule has 0 aliphatic carbocycles. The second kappa shape index (κ2) is 2.79. The van der Waals surface area contributed by atoms with Crippen LogP contribution < -0.4 is 0 Å². The Kier molecular flexibility index (Phi) is 2.01. The van der Waals surface area contributed by atoms with Gasteiger partial charge in [0.1, 0.15) is 5.69 Å². The van der Waals surface area contributed by atoms with E-state index in [9.17, 15) is 0 Å². The molecule has 0 spiro atoms. The van der Waals surface area contributed by atoms with E-state index >= 15 is 0 Å². The van der Waals surface area contributed by atoms with Crippen LogP contribution in [0.2, 0.25) is 0 Å². The third-order valence-corrected chi connectivity index (χ3v) is 1.31. The smallest absolute Gasteiger partial charge is 0.111 e. The van der Waals surface area contributed by atoms with E-state index in [4.69, 9.17) is 5.11 Å². The predicted octanol–water partition coefficient (Wildman–Crippen LogP) is 0.351. The van der Waals surface area contributed by atoms with Crippen molar-refractivity contribution < 1.29 is 5.11 Å². The van der Waals surface area contributed by atoms with Crippen LogP contribution in [0.3, 0.4) is 0 Å². The van der Waals surface area contributed by atoms with Crippen LogP contribution in [0.5, 0.6) is 0 Å². The maximum Gasteiger partial charge on any atom is 0.111 e. The fraction of sp³-hybridized carbons (Fsp3) is 0.667. The van der Waals surface area contributed by atoms with Crippen molar-refractivity contribution >= 4 is 0 Å². The quantitative estimate of drug-likeness (QED) is 0.646. The van der Waals surface area contributed by atoms with Crippen molar-refractivity contribution in [2.24, 2.45) is 0 Å². The second-order valence-electron chi connectivity index (χ2n) is 2.18. The van der Waals surface area contributed by atoms with Crippen molar-refractivity contribution in [3.05, 3.63) is 11.9 Å². The van der Waals surface area contributed by atoms with Crippen molar-refractivity contribution in [3.8, 4) is 0 Å². The summed E-state index contributed by atoms with van der Waals surface area (Å²) in [6.45, 7) is 4.43. The Hall–Kier alpha value is -0.900. The fourth-order valence-electron chi connectivity index (χ4n) is 0.659. The summed E-state index contributed by atoms with van der Waals surface area (Å²) >= 11 is 0. The molecule has 0 fully saturated rings. The fourth-order valence-corrected chi connectivity index (χ4v) is 0.659. The van der Waals surface area contributed by atoms with Gasteiger partial charge in [-0.3, -0.25) is 4.68 Å². The highest BCUT2D eigenvalue weighted by Crippen LogP contribution is 2.05. The average molecular weight is 141 g/mol. The van der Waals surface area contributed by atoms with Crippen molar-refractivity contribution in [2.75, 3.05) is 0 Å². The van der Waals surface area contributed by atoms with Crippen LogP contribution in [0, 0.1) is 0 Å². The van der Waals surface area contributed by atoms with Gasteiger partial charge in [0.25, 0.3) is 0 Å². The predicted molar refractivity (Wildman–Crippen MR) is 36.3 cm³/mol. The average Bonchev–Trinajstić information content (AvgIpc) is 2.34. The molecular weight excluding hydrogens is 130 g/mol. The van der Waals surface area contributed by atoms with E-state index in [1.54, 1.807) is 17.8 Å². The van der Waals surface area contributed by atoms with E-state index < -0.39 is 6.10 Å². The van der Waals surface area contributed by atoms with Crippen molar-refractivity contribution in [1.29, 1.82) is 0 Å². The van der Waals surface area contributed by atoms with Crippen LogP contribution >= 0.6 is 0 Å². The molecule has 1 heterocycles. The molecule has 1 rings (SSSR count). The summed E-state index contributed by atoms with van der Waals surface area (Å²) in [7, 11) is 0. The Balaban J connectivity index is 2.78. The van der Waals surface area contributed by atoms with Gasteiger partial charge < -0.3 is 5.11 Å². The van der Waals surface area contributed by atoms with E-state index in [0.29, 0.717) is 5.69 Å². The zero-order valence-electron chi connectivity index (χ0n) is 6.15. The van der Waals surface area contributed by atoms with Crippen LogP contribution in [0.1, 0.15) is 25.6 Å². The molecule has 56 valence electrons. The standard InChI is InChI=1S/C6H11N3O/c1-3-9-4-6(5(2)10)7-8-9/h4-5,10H,3H2,1-2H3/t5-/m1/s1. The molecule has 4 nitrogen and oxygen atoms in total. The molecule has 1 aromatic heterocycles. The summed E-state index contributed by atoms with van der Waals surface area (Å²) in [5.41, 5.74) is 0.627. The molecule has 0 radical (unpaired) electrons. The van der Waals surface area contributed by atoms with Gasteiger partial charge in [-0.2, -0.15) is 0 Å². The molecule has 0 aliphatic heterocycles. The molecule has 1 atom stereocenters. The number of hydrogen-bond donors (Lipinski definition) is 1. The number of nitrogens with zero attached hydrogens (tertiary/aromatic N) is 3. The first-order chi connectivity index (χ1) is 4.74. The zero-order valence-corrected chi connectivity index (χ0v) is 6.15. The van der Waals surface area contributed by atoms with Gasteiger partial charge in [-0.05, 0) is 13.8 Å². The zero-order chi connectivity index (χ0) is 7.56. The maximum absolute atomic E-state index is 9.02. The van der Waals surface area contributed by atoms with Gasteiger partial charge in [0.15, 0.2) is 0 Å². The molecule has 1 N–H and O–H groups in total. The highest BCUT2D eigenvalue weighted by Gasteiger charge is 2.03. The third kappa shape index (κ3) is 1.33. The lowest BCUT2D eigenvalue weighted by Crippen LogP contribution is -1.93. The Morgan fingerprint density at radius 1 is 1.80 bits per heavy atom. The third-order valence-electron chi connectivity index (χ3n) is 1.31. The SMILES string of the molecule is CCn1cc([C@@H](C)O)nn1. The molecular formula is C6H11N3O. The highest BCUT2D eigenvalue weighted by atomic mass is 16.3. The number of aryl methyl sites for hydroxylation is 1. The van der Waals surface area contributed by atoms with Crippen LogP contribution in [0.15, 0.2) is 6.20 Å². The lowest BCUT2D eigenvalue weighted by Gasteiger charge is -1.93. The van der Waals surface area contributed by atoms with Gasteiger partial charge in [-0.15, -0.1) is 5.10 Å². The molecule has 0 saturated carbocycles. The first-order valence-electron chi connectivity index (χ1n) is 3.32. The summed E-state index contributed by atoms with van der Waals surface area (Å²) < 4.78 is 1.68. The number of aliphatic hydroxyl groups excluding tert-OH is 1. The van der Waals surface area contributed by atoms with Gasteiger partial charge in [-0.25, -0.2) is 0 Å². The minimum atomic E-state index is -0.514. The second-order valence-corrected chi connectivity index (χ2v) is 2.18. The number of hydrogen-bond acceptors (Lipinski definition) is 3. The Morgan fingerprint density at radius 2 is 2.50 bits per heavy atom. The molecule has 10 heavy (non-hydrogen) atoms. The summed E-state index contributed by atoms with van der Waals surface area (Å²) in [4.78, 5) is 0. The molecule has 0 amide bonds. The van der Waals surface area contributed by atoms with E-state index in [1.165, 1.54) is 0 Å². The van der Waals surface area contributed by atoms with Gasteiger partial charge in [0.2, 0.25) is 0 Å². The lowest BCUT2D eigenvalue weighted by molar-refractivity contribution is 0.194. The van der Waals surface area contributed by atoms with Crippen molar-refractivity contribution in [3.63, 3.8) is 0 Å². The molecule has 4 heteroatoms. The van der Waals surface area contributed by atoms with Crippen LogP contribution in [0.4, 0.5) is 0 Å². The molecule has 0 bridgehead atoms. The summed E-state index contributed by atoms with van der Waals surface area (Å²) in [5.74, 6) is 0. The number of rotatable bonds is 2. The van der Waals surface area contributed by atoms with Crippen molar-refractivity contribution in [2.45, 2.75) is 26.5 Å². The molecule has 0 aliphatic rings. The summed E-state index contributed by atoms with van der Waals surface area (Å²) in [6, 6.07) is 0. The van der Waals surface area contributed by atoms with Gasteiger partial charge in [0, 0.05) is 6.54 Å². The van der Waals surface area contributed by atoms with E-state index in [0.717, 1.165) is 6.54 Å². The Bertz CT molecular complexity index is 207. The van der Waals surface area contributed by atoms with E-state index in [-0.39, 0.29) is 0 Å². The normalized spacial score (nSPS) is 13.5. The van der Waals surface area contributed by atoms with E-state index in [2.05, 4.69) is 10.3 Å². The summed E-state index contributed by atoms with van der Waals surface area (Å²) in [5, 5.41) is 16.5. The van der Waals surface area contributed by atoms with Crippen LogP contribution in [-0.4, -0.2) is 20.1 Å². The highest BCUT2D eigenvalue weighted by molar-refractivity contribution is 4.94. The van der Waals surface area contributed by atoms with Crippen LogP contribution in [-0.2, 0) is 6.54 Å². The lowest BCUT2D eigenvalue weighted by atomic mass is 10.3.